The quantitative estimate of drug-likeness (QED) is 0.850. The highest BCUT2D eigenvalue weighted by Gasteiger charge is 2.05. The molecule has 2 aromatic rings. The smallest absolute Gasteiger partial charge is 0.141 e. The number of halogens is 1. The average molecular weight is 336 g/mol. The number of rotatable bonds is 6. The van der Waals surface area contributed by atoms with E-state index in [0.717, 1.165) is 28.3 Å². The molecule has 0 aromatic heterocycles. The average Bonchev–Trinajstić information content (AvgIpc) is 2.43. The summed E-state index contributed by atoms with van der Waals surface area (Å²) in [6.07, 6.45) is 0. The summed E-state index contributed by atoms with van der Waals surface area (Å²) in [6.45, 7) is 3.44. The van der Waals surface area contributed by atoms with Crippen molar-refractivity contribution in [3.05, 3.63) is 52.5 Å². The Bertz CT molecular complexity index is 572. The van der Waals surface area contributed by atoms with E-state index in [0.29, 0.717) is 6.61 Å². The third-order valence-electron chi connectivity index (χ3n) is 2.72. The van der Waals surface area contributed by atoms with Gasteiger partial charge in [-0.1, -0.05) is 12.1 Å². The van der Waals surface area contributed by atoms with Gasteiger partial charge in [0, 0.05) is 12.6 Å². The van der Waals surface area contributed by atoms with Crippen molar-refractivity contribution in [2.75, 3.05) is 13.7 Å². The van der Waals surface area contributed by atoms with Crippen molar-refractivity contribution in [2.24, 2.45) is 0 Å². The molecule has 20 heavy (non-hydrogen) atoms. The Morgan fingerprint density at radius 3 is 2.60 bits per heavy atom. The van der Waals surface area contributed by atoms with Crippen LogP contribution in [0.25, 0.3) is 0 Å². The fraction of sp³-hybridized carbons (Fsp3) is 0.250. The summed E-state index contributed by atoms with van der Waals surface area (Å²) in [5.74, 6) is 2.37. The Kier molecular flexibility index (Phi) is 5.44. The molecule has 106 valence electrons. The van der Waals surface area contributed by atoms with Gasteiger partial charge in [0.1, 0.15) is 17.2 Å². The van der Waals surface area contributed by atoms with Gasteiger partial charge in [-0.3, -0.25) is 0 Å². The van der Waals surface area contributed by atoms with Crippen LogP contribution >= 0.6 is 15.9 Å². The molecule has 0 spiro atoms. The van der Waals surface area contributed by atoms with Crippen molar-refractivity contribution in [3.63, 3.8) is 0 Å². The minimum Gasteiger partial charge on any atom is -0.494 e. The molecule has 4 heteroatoms. The molecular formula is C16H18BrNO2. The summed E-state index contributed by atoms with van der Waals surface area (Å²) in [5, 5.41) is 3.12. The minimum atomic E-state index is 0.645. The fourth-order valence-electron chi connectivity index (χ4n) is 1.86. The summed E-state index contributed by atoms with van der Waals surface area (Å²) < 4.78 is 12.3. The molecule has 2 rings (SSSR count). The van der Waals surface area contributed by atoms with Crippen LogP contribution in [0.4, 0.5) is 0 Å². The lowest BCUT2D eigenvalue weighted by Gasteiger charge is -2.10. The van der Waals surface area contributed by atoms with Gasteiger partial charge >= 0.3 is 0 Å². The van der Waals surface area contributed by atoms with Crippen molar-refractivity contribution in [1.29, 1.82) is 0 Å². The summed E-state index contributed by atoms with van der Waals surface area (Å²) in [6, 6.07) is 13.7. The van der Waals surface area contributed by atoms with Crippen LogP contribution in [0.15, 0.2) is 46.9 Å². The summed E-state index contributed by atoms with van der Waals surface area (Å²) in [4.78, 5) is 0. The molecule has 1 N–H and O–H groups in total. The molecular weight excluding hydrogens is 318 g/mol. The van der Waals surface area contributed by atoms with Gasteiger partial charge in [-0.25, -0.2) is 0 Å². The topological polar surface area (TPSA) is 30.5 Å². The van der Waals surface area contributed by atoms with Gasteiger partial charge in [0.15, 0.2) is 0 Å². The molecule has 0 amide bonds. The molecule has 0 saturated heterocycles. The first kappa shape index (κ1) is 14.9. The highest BCUT2D eigenvalue weighted by molar-refractivity contribution is 9.10. The van der Waals surface area contributed by atoms with Gasteiger partial charge in [-0.05, 0) is 59.7 Å². The maximum absolute atomic E-state index is 5.88. The summed E-state index contributed by atoms with van der Waals surface area (Å²) in [5.41, 5.74) is 1.20. The van der Waals surface area contributed by atoms with Crippen LogP contribution in [0.3, 0.4) is 0 Å². The first-order chi connectivity index (χ1) is 9.72. The normalized spacial score (nSPS) is 10.3. The largest absolute Gasteiger partial charge is 0.494 e. The van der Waals surface area contributed by atoms with E-state index < -0.39 is 0 Å². The zero-order valence-corrected chi connectivity index (χ0v) is 13.2. The third kappa shape index (κ3) is 3.99. The van der Waals surface area contributed by atoms with E-state index in [9.17, 15) is 0 Å². The van der Waals surface area contributed by atoms with E-state index in [1.54, 1.807) is 0 Å². The van der Waals surface area contributed by atoms with Gasteiger partial charge in [-0.15, -0.1) is 0 Å². The lowest BCUT2D eigenvalue weighted by Crippen LogP contribution is -2.04. The summed E-state index contributed by atoms with van der Waals surface area (Å²) >= 11 is 3.54. The molecule has 0 bridgehead atoms. The predicted octanol–water partition coefficient (Wildman–Crippen LogP) is 4.36. The van der Waals surface area contributed by atoms with Gasteiger partial charge < -0.3 is 14.8 Å². The van der Waals surface area contributed by atoms with Crippen molar-refractivity contribution >= 4 is 15.9 Å². The molecule has 0 aliphatic heterocycles. The van der Waals surface area contributed by atoms with Gasteiger partial charge in [-0.2, -0.15) is 0 Å². The molecule has 0 atom stereocenters. The first-order valence-corrected chi connectivity index (χ1v) is 7.36. The van der Waals surface area contributed by atoms with Crippen molar-refractivity contribution in [3.8, 4) is 17.2 Å². The van der Waals surface area contributed by atoms with Crippen LogP contribution in [0.5, 0.6) is 17.2 Å². The maximum Gasteiger partial charge on any atom is 0.141 e. The Hall–Kier alpha value is -1.52. The molecule has 2 aromatic carbocycles. The number of nitrogens with one attached hydrogen (secondary N) is 1. The zero-order valence-electron chi connectivity index (χ0n) is 11.7. The zero-order chi connectivity index (χ0) is 14.4. The molecule has 0 saturated carbocycles. The second-order valence-corrected chi connectivity index (χ2v) is 5.16. The molecule has 3 nitrogen and oxygen atoms in total. The maximum atomic E-state index is 5.88. The van der Waals surface area contributed by atoms with Crippen LogP contribution in [0.2, 0.25) is 0 Å². The Morgan fingerprint density at radius 1 is 1.10 bits per heavy atom. The molecule has 0 aliphatic carbocycles. The number of benzene rings is 2. The van der Waals surface area contributed by atoms with E-state index >= 15 is 0 Å². The van der Waals surface area contributed by atoms with Gasteiger partial charge in [0.2, 0.25) is 0 Å². The standard InChI is InChI=1S/C16H18BrNO2/c1-3-19-13-5-4-6-14(10-13)20-16-8-7-12(11-18-2)9-15(16)17/h4-10,18H,3,11H2,1-2H3. The van der Waals surface area contributed by atoms with E-state index in [2.05, 4.69) is 27.3 Å². The molecule has 0 radical (unpaired) electrons. The fourth-order valence-corrected chi connectivity index (χ4v) is 2.37. The summed E-state index contributed by atoms with van der Waals surface area (Å²) in [7, 11) is 1.93. The SMILES string of the molecule is CCOc1cccc(Oc2ccc(CNC)cc2Br)c1. The van der Waals surface area contributed by atoms with Crippen molar-refractivity contribution in [2.45, 2.75) is 13.5 Å². The van der Waals surface area contributed by atoms with Crippen LogP contribution in [-0.4, -0.2) is 13.7 Å². The Balaban J connectivity index is 2.15. The van der Waals surface area contributed by atoms with Crippen LogP contribution in [0.1, 0.15) is 12.5 Å². The lowest BCUT2D eigenvalue weighted by molar-refractivity contribution is 0.338. The lowest BCUT2D eigenvalue weighted by atomic mass is 10.2. The number of hydrogen-bond acceptors (Lipinski definition) is 3. The van der Waals surface area contributed by atoms with E-state index in [1.165, 1.54) is 5.56 Å². The number of ether oxygens (including phenoxy) is 2. The van der Waals surface area contributed by atoms with Gasteiger partial charge in [0.25, 0.3) is 0 Å². The molecule has 0 fully saturated rings. The van der Waals surface area contributed by atoms with Crippen LogP contribution in [-0.2, 0) is 6.54 Å². The Labute approximate surface area is 128 Å². The van der Waals surface area contributed by atoms with E-state index in [4.69, 9.17) is 9.47 Å². The third-order valence-corrected chi connectivity index (χ3v) is 3.34. The van der Waals surface area contributed by atoms with E-state index in [1.807, 2.05) is 50.4 Å². The predicted molar refractivity (Wildman–Crippen MR) is 84.6 cm³/mol. The molecule has 0 heterocycles. The molecule has 0 unspecified atom stereocenters. The van der Waals surface area contributed by atoms with Crippen LogP contribution in [0, 0.1) is 0 Å². The van der Waals surface area contributed by atoms with Crippen molar-refractivity contribution < 1.29 is 9.47 Å². The highest BCUT2D eigenvalue weighted by Crippen LogP contribution is 2.31. The monoisotopic (exact) mass is 335 g/mol. The molecule has 0 aliphatic rings. The number of hydrogen-bond donors (Lipinski definition) is 1. The first-order valence-electron chi connectivity index (χ1n) is 6.56. The van der Waals surface area contributed by atoms with Crippen LogP contribution < -0.4 is 14.8 Å². The second kappa shape index (κ2) is 7.31. The van der Waals surface area contributed by atoms with E-state index in [-0.39, 0.29) is 0 Å². The highest BCUT2D eigenvalue weighted by atomic mass is 79.9. The Morgan fingerprint density at radius 2 is 1.90 bits per heavy atom. The van der Waals surface area contributed by atoms with Crippen molar-refractivity contribution in [1.82, 2.24) is 5.32 Å². The minimum absolute atomic E-state index is 0.645. The second-order valence-electron chi connectivity index (χ2n) is 4.31. The van der Waals surface area contributed by atoms with Gasteiger partial charge in [0.05, 0.1) is 11.1 Å².